The average Bonchev–Trinajstić information content (AvgIpc) is 2.62. The molecule has 1 atom stereocenters. The van der Waals surface area contributed by atoms with Crippen LogP contribution in [0.5, 0.6) is 0 Å². The number of rotatable bonds is 2. The van der Waals surface area contributed by atoms with Gasteiger partial charge < -0.3 is 9.53 Å². The standard InChI is InChI=1S/C12H23NO4Si/c1-12(2,3)18(4,5)17-10(14)9-7-6-8-13(9)11(15)16/h9H,6-8H2,1-5H3,(H,15,16). The van der Waals surface area contributed by atoms with E-state index in [0.29, 0.717) is 13.0 Å². The third kappa shape index (κ3) is 3.04. The molecule has 0 radical (unpaired) electrons. The Hall–Kier alpha value is -1.04. The lowest BCUT2D eigenvalue weighted by atomic mass is 10.2. The maximum absolute atomic E-state index is 12.1. The first-order valence-electron chi connectivity index (χ1n) is 6.29. The van der Waals surface area contributed by atoms with Crippen LogP contribution >= 0.6 is 0 Å². The van der Waals surface area contributed by atoms with E-state index in [0.717, 1.165) is 6.42 Å². The van der Waals surface area contributed by atoms with Crippen LogP contribution in [-0.4, -0.2) is 43.0 Å². The molecule has 0 aromatic rings. The number of carbonyl (C=O) groups excluding carboxylic acids is 1. The molecule has 1 aliphatic heterocycles. The summed E-state index contributed by atoms with van der Waals surface area (Å²) in [6.07, 6.45) is 0.258. The molecule has 0 aromatic heterocycles. The van der Waals surface area contributed by atoms with Crippen LogP contribution in [0.2, 0.25) is 18.1 Å². The fourth-order valence-corrected chi connectivity index (χ4v) is 2.66. The monoisotopic (exact) mass is 273 g/mol. The molecular formula is C12H23NO4Si. The Kier molecular flexibility index (Phi) is 4.10. The van der Waals surface area contributed by atoms with Crippen molar-refractivity contribution in [2.45, 2.75) is 57.8 Å². The fourth-order valence-electron chi connectivity index (χ4n) is 1.71. The summed E-state index contributed by atoms with van der Waals surface area (Å²) in [5.41, 5.74) is 0. The number of hydrogen-bond donors (Lipinski definition) is 1. The molecule has 1 N–H and O–H groups in total. The van der Waals surface area contributed by atoms with Crippen molar-refractivity contribution in [3.63, 3.8) is 0 Å². The van der Waals surface area contributed by atoms with Gasteiger partial charge >= 0.3 is 12.1 Å². The van der Waals surface area contributed by atoms with E-state index >= 15 is 0 Å². The smallest absolute Gasteiger partial charge is 0.408 e. The van der Waals surface area contributed by atoms with Crippen molar-refractivity contribution in [2.75, 3.05) is 6.54 Å². The van der Waals surface area contributed by atoms with E-state index < -0.39 is 20.5 Å². The predicted molar refractivity (Wildman–Crippen MR) is 71.0 cm³/mol. The Morgan fingerprint density at radius 3 is 2.33 bits per heavy atom. The zero-order valence-electron chi connectivity index (χ0n) is 11.8. The number of carbonyl (C=O) groups is 2. The van der Waals surface area contributed by atoms with E-state index in [1.807, 2.05) is 13.1 Å². The van der Waals surface area contributed by atoms with Crippen LogP contribution in [0.25, 0.3) is 0 Å². The minimum absolute atomic E-state index is 0.0602. The van der Waals surface area contributed by atoms with Crippen LogP contribution in [-0.2, 0) is 9.22 Å². The van der Waals surface area contributed by atoms with Crippen LogP contribution in [0.1, 0.15) is 33.6 Å². The highest BCUT2D eigenvalue weighted by molar-refractivity contribution is 6.75. The second kappa shape index (κ2) is 4.91. The third-order valence-electron chi connectivity index (χ3n) is 3.93. The van der Waals surface area contributed by atoms with E-state index in [-0.39, 0.29) is 11.0 Å². The second-order valence-corrected chi connectivity index (χ2v) is 11.0. The highest BCUT2D eigenvalue weighted by Crippen LogP contribution is 2.37. The first-order valence-corrected chi connectivity index (χ1v) is 9.19. The first-order chi connectivity index (χ1) is 8.06. The van der Waals surface area contributed by atoms with Gasteiger partial charge in [-0.3, -0.25) is 9.69 Å². The van der Waals surface area contributed by atoms with Gasteiger partial charge in [0, 0.05) is 6.54 Å². The minimum atomic E-state index is -2.17. The van der Waals surface area contributed by atoms with Crippen molar-refractivity contribution in [1.29, 1.82) is 0 Å². The third-order valence-corrected chi connectivity index (χ3v) is 8.26. The van der Waals surface area contributed by atoms with Crippen LogP contribution in [0.4, 0.5) is 4.79 Å². The van der Waals surface area contributed by atoms with Gasteiger partial charge in [-0.15, -0.1) is 0 Å². The molecule has 1 rings (SSSR count). The number of amides is 1. The van der Waals surface area contributed by atoms with Gasteiger partial charge in [0.1, 0.15) is 6.04 Å². The Morgan fingerprint density at radius 2 is 1.89 bits per heavy atom. The van der Waals surface area contributed by atoms with Crippen molar-refractivity contribution in [2.24, 2.45) is 0 Å². The summed E-state index contributed by atoms with van der Waals surface area (Å²) in [4.78, 5) is 24.3. The Labute approximate surface area is 109 Å². The molecule has 1 heterocycles. The summed E-state index contributed by atoms with van der Waals surface area (Å²) in [6.45, 7) is 10.6. The molecule has 104 valence electrons. The Morgan fingerprint density at radius 1 is 1.33 bits per heavy atom. The van der Waals surface area contributed by atoms with Crippen LogP contribution in [0.3, 0.4) is 0 Å². The lowest BCUT2D eigenvalue weighted by Crippen LogP contribution is -2.48. The molecule has 0 aliphatic carbocycles. The molecule has 0 saturated carbocycles. The molecule has 1 unspecified atom stereocenters. The van der Waals surface area contributed by atoms with Gasteiger partial charge in [-0.25, -0.2) is 4.79 Å². The number of nitrogens with zero attached hydrogens (tertiary/aromatic N) is 1. The number of carboxylic acid groups (broad SMARTS) is 1. The van der Waals surface area contributed by atoms with Gasteiger partial charge in [0.2, 0.25) is 0 Å². The average molecular weight is 273 g/mol. The summed E-state index contributed by atoms with van der Waals surface area (Å²) in [7, 11) is -2.17. The first kappa shape index (κ1) is 15.0. The van der Waals surface area contributed by atoms with Gasteiger partial charge in [-0.05, 0) is 31.0 Å². The number of hydrogen-bond acceptors (Lipinski definition) is 3. The molecule has 0 bridgehead atoms. The maximum Gasteiger partial charge on any atom is 0.408 e. The molecule has 0 spiro atoms. The van der Waals surface area contributed by atoms with Gasteiger partial charge in [-0.1, -0.05) is 20.8 Å². The summed E-state index contributed by atoms with van der Waals surface area (Å²) in [5, 5.41) is 8.96. The summed E-state index contributed by atoms with van der Waals surface area (Å²) in [5.74, 6) is -0.374. The zero-order chi connectivity index (χ0) is 14.1. The van der Waals surface area contributed by atoms with E-state index in [1.54, 1.807) is 0 Å². The molecule has 1 aliphatic rings. The van der Waals surface area contributed by atoms with Gasteiger partial charge in [0.15, 0.2) is 0 Å². The molecule has 0 aromatic carbocycles. The number of likely N-dealkylation sites (tertiary alicyclic amines) is 1. The summed E-state index contributed by atoms with van der Waals surface area (Å²) >= 11 is 0. The van der Waals surface area contributed by atoms with Crippen molar-refractivity contribution in [1.82, 2.24) is 4.90 Å². The van der Waals surface area contributed by atoms with E-state index in [9.17, 15) is 9.59 Å². The topological polar surface area (TPSA) is 66.8 Å². The Balaban J connectivity index is 2.74. The molecule has 18 heavy (non-hydrogen) atoms. The quantitative estimate of drug-likeness (QED) is 0.785. The highest BCUT2D eigenvalue weighted by atomic mass is 28.4. The lowest BCUT2D eigenvalue weighted by molar-refractivity contribution is -0.140. The fraction of sp³-hybridized carbons (Fsp3) is 0.833. The normalized spacial score (nSPS) is 20.9. The largest absolute Gasteiger partial charge is 0.518 e. The highest BCUT2D eigenvalue weighted by Gasteiger charge is 2.44. The Bertz CT molecular complexity index is 348. The van der Waals surface area contributed by atoms with Crippen molar-refractivity contribution in [3.05, 3.63) is 0 Å². The van der Waals surface area contributed by atoms with E-state index in [4.69, 9.17) is 9.53 Å². The van der Waals surface area contributed by atoms with Crippen molar-refractivity contribution >= 4 is 20.4 Å². The van der Waals surface area contributed by atoms with Crippen LogP contribution < -0.4 is 0 Å². The maximum atomic E-state index is 12.1. The minimum Gasteiger partial charge on any atom is -0.518 e. The van der Waals surface area contributed by atoms with Gasteiger partial charge in [0.25, 0.3) is 8.32 Å². The summed E-state index contributed by atoms with van der Waals surface area (Å²) < 4.78 is 5.66. The molecule has 6 heteroatoms. The van der Waals surface area contributed by atoms with Crippen molar-refractivity contribution in [3.8, 4) is 0 Å². The lowest BCUT2D eigenvalue weighted by Gasteiger charge is -2.36. The second-order valence-electron chi connectivity index (χ2n) is 6.32. The van der Waals surface area contributed by atoms with E-state index in [1.165, 1.54) is 4.90 Å². The molecule has 1 saturated heterocycles. The molecular weight excluding hydrogens is 250 g/mol. The molecule has 5 nitrogen and oxygen atoms in total. The van der Waals surface area contributed by atoms with E-state index in [2.05, 4.69) is 20.8 Å². The molecule has 1 fully saturated rings. The summed E-state index contributed by atoms with van der Waals surface area (Å²) in [6, 6.07) is -0.614. The molecule has 1 amide bonds. The van der Waals surface area contributed by atoms with Crippen LogP contribution in [0, 0.1) is 0 Å². The van der Waals surface area contributed by atoms with Gasteiger partial charge in [-0.2, -0.15) is 0 Å². The van der Waals surface area contributed by atoms with Crippen molar-refractivity contribution < 1.29 is 19.1 Å². The predicted octanol–water partition coefficient (Wildman–Crippen LogP) is 2.68. The van der Waals surface area contributed by atoms with Crippen LogP contribution in [0.15, 0.2) is 0 Å². The zero-order valence-corrected chi connectivity index (χ0v) is 12.8. The van der Waals surface area contributed by atoms with Gasteiger partial charge in [0.05, 0.1) is 0 Å². The SMILES string of the molecule is CC(C)(C)[Si](C)(C)OC(=O)C1CCCN1C(=O)O.